The maximum Gasteiger partial charge on any atom is 0.261 e. The highest BCUT2D eigenvalue weighted by Gasteiger charge is 2.22. The average Bonchev–Trinajstić information content (AvgIpc) is 3.29. The number of para-hydroxylation sites is 1. The van der Waals surface area contributed by atoms with Crippen LogP contribution in [0.15, 0.2) is 18.2 Å². The van der Waals surface area contributed by atoms with E-state index in [2.05, 4.69) is 16.6 Å². The summed E-state index contributed by atoms with van der Waals surface area (Å²) in [7, 11) is 0. The molecule has 2 rings (SSSR count). The van der Waals surface area contributed by atoms with Gasteiger partial charge in [-0.05, 0) is 32.3 Å². The minimum Gasteiger partial charge on any atom is -0.480 e. The van der Waals surface area contributed by atoms with Crippen LogP contribution in [0.4, 0.5) is 0 Å². The topological polar surface area (TPSA) is 50.4 Å². The first-order valence-electron chi connectivity index (χ1n) is 7.31. The van der Waals surface area contributed by atoms with Crippen LogP contribution in [0.3, 0.4) is 0 Å². The summed E-state index contributed by atoms with van der Waals surface area (Å²) >= 11 is 0. The van der Waals surface area contributed by atoms with Gasteiger partial charge in [0.1, 0.15) is 5.75 Å². The van der Waals surface area contributed by atoms with Crippen LogP contribution in [-0.2, 0) is 11.3 Å². The first-order chi connectivity index (χ1) is 10.1. The Morgan fingerprint density at radius 1 is 1.52 bits per heavy atom. The van der Waals surface area contributed by atoms with Crippen LogP contribution >= 0.6 is 0 Å². The van der Waals surface area contributed by atoms with Crippen molar-refractivity contribution in [2.45, 2.75) is 45.4 Å². The van der Waals surface area contributed by atoms with Gasteiger partial charge in [-0.15, -0.1) is 6.42 Å². The highest BCUT2D eigenvalue weighted by molar-refractivity contribution is 5.81. The summed E-state index contributed by atoms with van der Waals surface area (Å²) in [5.41, 5.74) is 2.11. The standard InChI is InChI=1S/C17H22N2O2/c1-4-10-18-17(20)13(3)21-16-12(2)6-5-7-14(16)11-19-15-8-9-15/h1,5-7,13,15,19H,8-11H2,2-3H3,(H,18,20). The summed E-state index contributed by atoms with van der Waals surface area (Å²) in [6.07, 6.45) is 7.05. The van der Waals surface area contributed by atoms with Crippen molar-refractivity contribution in [1.82, 2.24) is 10.6 Å². The molecule has 1 atom stereocenters. The predicted octanol–water partition coefficient (Wildman–Crippen LogP) is 1.76. The molecule has 0 aromatic heterocycles. The van der Waals surface area contributed by atoms with E-state index in [-0.39, 0.29) is 12.5 Å². The molecule has 1 aliphatic rings. The Bertz CT molecular complexity index is 544. The first kappa shape index (κ1) is 15.4. The third-order valence-electron chi connectivity index (χ3n) is 3.48. The molecule has 0 aliphatic heterocycles. The van der Waals surface area contributed by atoms with Gasteiger partial charge in [-0.1, -0.05) is 24.1 Å². The number of carbonyl (C=O) groups is 1. The molecule has 4 nitrogen and oxygen atoms in total. The van der Waals surface area contributed by atoms with Gasteiger partial charge in [0, 0.05) is 18.2 Å². The molecule has 1 saturated carbocycles. The monoisotopic (exact) mass is 286 g/mol. The zero-order valence-electron chi connectivity index (χ0n) is 12.6. The summed E-state index contributed by atoms with van der Waals surface area (Å²) in [5.74, 6) is 2.97. The lowest BCUT2D eigenvalue weighted by Crippen LogP contribution is -2.36. The Labute approximate surface area is 126 Å². The van der Waals surface area contributed by atoms with Gasteiger partial charge in [0.25, 0.3) is 5.91 Å². The van der Waals surface area contributed by atoms with Crippen LogP contribution in [0.5, 0.6) is 5.75 Å². The Kier molecular flexibility index (Phi) is 5.24. The van der Waals surface area contributed by atoms with Crippen LogP contribution in [0, 0.1) is 19.3 Å². The minimum atomic E-state index is -0.570. The van der Waals surface area contributed by atoms with E-state index in [1.54, 1.807) is 6.92 Å². The summed E-state index contributed by atoms with van der Waals surface area (Å²) in [6, 6.07) is 6.66. The van der Waals surface area contributed by atoms with Gasteiger partial charge in [0.15, 0.2) is 6.10 Å². The van der Waals surface area contributed by atoms with Crippen molar-refractivity contribution in [3.05, 3.63) is 29.3 Å². The van der Waals surface area contributed by atoms with E-state index in [0.717, 1.165) is 23.4 Å². The van der Waals surface area contributed by atoms with E-state index < -0.39 is 6.10 Å². The second kappa shape index (κ2) is 7.14. The second-order valence-electron chi connectivity index (χ2n) is 5.40. The fourth-order valence-electron chi connectivity index (χ4n) is 2.07. The van der Waals surface area contributed by atoms with Crippen molar-refractivity contribution < 1.29 is 9.53 Å². The van der Waals surface area contributed by atoms with E-state index in [4.69, 9.17) is 11.2 Å². The number of hydrogen-bond donors (Lipinski definition) is 2. The Morgan fingerprint density at radius 3 is 2.95 bits per heavy atom. The zero-order chi connectivity index (χ0) is 15.2. The molecule has 1 aliphatic carbocycles. The van der Waals surface area contributed by atoms with Crippen LogP contribution in [-0.4, -0.2) is 24.6 Å². The Balaban J connectivity index is 2.02. The molecule has 0 heterocycles. The smallest absolute Gasteiger partial charge is 0.261 e. The second-order valence-corrected chi connectivity index (χ2v) is 5.40. The molecule has 1 unspecified atom stereocenters. The molecular formula is C17H22N2O2. The number of amides is 1. The van der Waals surface area contributed by atoms with Gasteiger partial charge in [-0.2, -0.15) is 0 Å². The number of ether oxygens (including phenoxy) is 1. The number of rotatable bonds is 7. The molecule has 0 saturated heterocycles. The molecule has 1 aromatic rings. The maximum absolute atomic E-state index is 11.9. The lowest BCUT2D eigenvalue weighted by molar-refractivity contribution is -0.127. The summed E-state index contributed by atoms with van der Waals surface area (Å²) in [5, 5.41) is 6.11. The van der Waals surface area contributed by atoms with Crippen LogP contribution in [0.2, 0.25) is 0 Å². The molecule has 1 fully saturated rings. The van der Waals surface area contributed by atoms with Gasteiger partial charge < -0.3 is 15.4 Å². The molecule has 1 amide bonds. The van der Waals surface area contributed by atoms with Gasteiger partial charge in [0.2, 0.25) is 0 Å². The van der Waals surface area contributed by atoms with Crippen molar-refractivity contribution >= 4 is 5.91 Å². The SMILES string of the molecule is C#CCNC(=O)C(C)Oc1c(C)cccc1CNC1CC1. The lowest BCUT2D eigenvalue weighted by atomic mass is 10.1. The summed E-state index contributed by atoms with van der Waals surface area (Å²) in [4.78, 5) is 11.9. The largest absolute Gasteiger partial charge is 0.480 e. The third kappa shape index (κ3) is 4.51. The molecule has 0 radical (unpaired) electrons. The van der Waals surface area contributed by atoms with E-state index in [1.165, 1.54) is 12.8 Å². The molecule has 1 aromatic carbocycles. The van der Waals surface area contributed by atoms with Crippen LogP contribution < -0.4 is 15.4 Å². The summed E-state index contributed by atoms with van der Waals surface area (Å²) in [6.45, 7) is 4.70. The van der Waals surface area contributed by atoms with Gasteiger partial charge in [-0.3, -0.25) is 4.79 Å². The molecule has 21 heavy (non-hydrogen) atoms. The number of terminal acetylenes is 1. The van der Waals surface area contributed by atoms with E-state index in [0.29, 0.717) is 6.04 Å². The van der Waals surface area contributed by atoms with E-state index in [9.17, 15) is 4.79 Å². The molecule has 0 bridgehead atoms. The fraction of sp³-hybridized carbons (Fsp3) is 0.471. The molecular weight excluding hydrogens is 264 g/mol. The van der Waals surface area contributed by atoms with Crippen molar-refractivity contribution in [2.75, 3.05) is 6.54 Å². The molecule has 2 N–H and O–H groups in total. The third-order valence-corrected chi connectivity index (χ3v) is 3.48. The molecule has 4 heteroatoms. The zero-order valence-corrected chi connectivity index (χ0v) is 12.6. The van der Waals surface area contributed by atoms with Crippen molar-refractivity contribution in [3.63, 3.8) is 0 Å². The molecule has 0 spiro atoms. The lowest BCUT2D eigenvalue weighted by Gasteiger charge is -2.19. The summed E-state index contributed by atoms with van der Waals surface area (Å²) < 4.78 is 5.87. The predicted molar refractivity (Wildman–Crippen MR) is 83.0 cm³/mol. The number of carbonyl (C=O) groups excluding carboxylic acids is 1. The molecule has 112 valence electrons. The van der Waals surface area contributed by atoms with Crippen LogP contribution in [0.1, 0.15) is 30.9 Å². The van der Waals surface area contributed by atoms with Crippen molar-refractivity contribution in [1.29, 1.82) is 0 Å². The van der Waals surface area contributed by atoms with Gasteiger partial charge in [0.05, 0.1) is 6.54 Å². The average molecular weight is 286 g/mol. The first-order valence-corrected chi connectivity index (χ1v) is 7.31. The van der Waals surface area contributed by atoms with Crippen molar-refractivity contribution in [3.8, 4) is 18.1 Å². The Morgan fingerprint density at radius 2 is 2.29 bits per heavy atom. The number of hydrogen-bond acceptors (Lipinski definition) is 3. The number of aryl methyl sites for hydroxylation is 1. The van der Waals surface area contributed by atoms with Gasteiger partial charge in [-0.25, -0.2) is 0 Å². The van der Waals surface area contributed by atoms with E-state index in [1.807, 2.05) is 25.1 Å². The minimum absolute atomic E-state index is 0.197. The highest BCUT2D eigenvalue weighted by atomic mass is 16.5. The fourth-order valence-corrected chi connectivity index (χ4v) is 2.07. The number of benzene rings is 1. The van der Waals surface area contributed by atoms with Crippen molar-refractivity contribution in [2.24, 2.45) is 0 Å². The quantitative estimate of drug-likeness (QED) is 0.751. The van der Waals surface area contributed by atoms with Gasteiger partial charge >= 0.3 is 0 Å². The Hall–Kier alpha value is -1.99. The highest BCUT2D eigenvalue weighted by Crippen LogP contribution is 2.26. The number of nitrogens with one attached hydrogen (secondary N) is 2. The van der Waals surface area contributed by atoms with Crippen LogP contribution in [0.25, 0.3) is 0 Å². The normalized spacial score (nSPS) is 15.1. The maximum atomic E-state index is 11.9. The van der Waals surface area contributed by atoms with E-state index >= 15 is 0 Å².